The summed E-state index contributed by atoms with van der Waals surface area (Å²) in [7, 11) is 0. The van der Waals surface area contributed by atoms with E-state index in [-0.39, 0.29) is 6.61 Å². The first-order valence-corrected chi connectivity index (χ1v) is 4.19. The molecule has 0 bridgehead atoms. The van der Waals surface area contributed by atoms with Gasteiger partial charge in [-0.2, -0.15) is 0 Å². The van der Waals surface area contributed by atoms with Crippen molar-refractivity contribution in [2.45, 2.75) is 26.3 Å². The van der Waals surface area contributed by atoms with Crippen LogP contribution in [0.25, 0.3) is 0 Å². The molecule has 0 aliphatic carbocycles. The van der Waals surface area contributed by atoms with Crippen molar-refractivity contribution in [3.8, 4) is 0 Å². The molecule has 2 N–H and O–H groups in total. The van der Waals surface area contributed by atoms with Gasteiger partial charge in [0.15, 0.2) is 0 Å². The van der Waals surface area contributed by atoms with E-state index in [1.807, 2.05) is 0 Å². The molecule has 0 unspecified atom stereocenters. The molecule has 0 radical (unpaired) electrons. The molecule has 11 heavy (non-hydrogen) atoms. The molecule has 3 nitrogen and oxygen atoms in total. The normalized spacial score (nSPS) is 10.9. The Morgan fingerprint density at radius 1 is 1.36 bits per heavy atom. The molecule has 68 valence electrons. The SMILES string of the molecule is CC(C)NCCCOCCO. The molecule has 3 heteroatoms. The summed E-state index contributed by atoms with van der Waals surface area (Å²) >= 11 is 0. The molecule has 0 saturated carbocycles. The van der Waals surface area contributed by atoms with Crippen molar-refractivity contribution in [3.63, 3.8) is 0 Å². The van der Waals surface area contributed by atoms with Gasteiger partial charge in [0.25, 0.3) is 0 Å². The highest BCUT2D eigenvalue weighted by Gasteiger charge is 1.91. The largest absolute Gasteiger partial charge is 0.394 e. The predicted octanol–water partition coefficient (Wildman–Crippen LogP) is 0.383. The van der Waals surface area contributed by atoms with Crippen LogP contribution < -0.4 is 5.32 Å². The number of aliphatic hydroxyl groups excluding tert-OH is 1. The van der Waals surface area contributed by atoms with E-state index >= 15 is 0 Å². The van der Waals surface area contributed by atoms with Gasteiger partial charge in [0.1, 0.15) is 0 Å². The third-order valence-electron chi connectivity index (χ3n) is 1.25. The topological polar surface area (TPSA) is 41.5 Å². The van der Waals surface area contributed by atoms with Gasteiger partial charge in [-0.1, -0.05) is 13.8 Å². The van der Waals surface area contributed by atoms with Gasteiger partial charge in [-0.3, -0.25) is 0 Å². The Morgan fingerprint density at radius 2 is 2.09 bits per heavy atom. The molecule has 0 atom stereocenters. The van der Waals surface area contributed by atoms with Crippen molar-refractivity contribution in [1.29, 1.82) is 0 Å². The molecule has 0 rings (SSSR count). The van der Waals surface area contributed by atoms with Crippen LogP contribution in [0.1, 0.15) is 20.3 Å². The quantitative estimate of drug-likeness (QED) is 0.530. The van der Waals surface area contributed by atoms with Crippen LogP contribution in [0.15, 0.2) is 0 Å². The summed E-state index contributed by atoms with van der Waals surface area (Å²) in [6.45, 7) is 6.55. The van der Waals surface area contributed by atoms with Crippen LogP contribution in [0.4, 0.5) is 0 Å². The second-order valence-corrected chi connectivity index (χ2v) is 2.80. The number of hydrogen-bond acceptors (Lipinski definition) is 3. The lowest BCUT2D eigenvalue weighted by atomic mass is 10.3. The van der Waals surface area contributed by atoms with Crippen LogP contribution in [0.3, 0.4) is 0 Å². The summed E-state index contributed by atoms with van der Waals surface area (Å²) in [5, 5.41) is 11.7. The van der Waals surface area contributed by atoms with Crippen molar-refractivity contribution >= 4 is 0 Å². The number of nitrogens with one attached hydrogen (secondary N) is 1. The Kier molecular flexibility index (Phi) is 7.89. The summed E-state index contributed by atoms with van der Waals surface area (Å²) < 4.78 is 5.07. The maximum Gasteiger partial charge on any atom is 0.0697 e. The van der Waals surface area contributed by atoms with Crippen molar-refractivity contribution in [3.05, 3.63) is 0 Å². The van der Waals surface area contributed by atoms with Gasteiger partial charge >= 0.3 is 0 Å². The summed E-state index contributed by atoms with van der Waals surface area (Å²) in [5.41, 5.74) is 0. The van der Waals surface area contributed by atoms with Crippen LogP contribution in [-0.2, 0) is 4.74 Å². The number of rotatable bonds is 7. The third-order valence-corrected chi connectivity index (χ3v) is 1.25. The van der Waals surface area contributed by atoms with Gasteiger partial charge in [0, 0.05) is 12.6 Å². The Balaban J connectivity index is 2.80. The summed E-state index contributed by atoms with van der Waals surface area (Å²) in [4.78, 5) is 0. The molecule has 0 spiro atoms. The monoisotopic (exact) mass is 161 g/mol. The van der Waals surface area contributed by atoms with Gasteiger partial charge in [-0.05, 0) is 13.0 Å². The Bertz CT molecular complexity index is 76.5. The second-order valence-electron chi connectivity index (χ2n) is 2.80. The zero-order valence-electron chi connectivity index (χ0n) is 7.47. The highest BCUT2D eigenvalue weighted by molar-refractivity contribution is 4.51. The number of aliphatic hydroxyl groups is 1. The molecule has 0 aromatic heterocycles. The maximum absolute atomic E-state index is 8.37. The lowest BCUT2D eigenvalue weighted by Crippen LogP contribution is -2.24. The smallest absolute Gasteiger partial charge is 0.0697 e. The van der Waals surface area contributed by atoms with E-state index in [0.29, 0.717) is 12.6 Å². The zero-order chi connectivity index (χ0) is 8.53. The van der Waals surface area contributed by atoms with Gasteiger partial charge in [-0.25, -0.2) is 0 Å². The van der Waals surface area contributed by atoms with Crippen LogP contribution in [-0.4, -0.2) is 37.5 Å². The third kappa shape index (κ3) is 9.88. The van der Waals surface area contributed by atoms with Crippen LogP contribution >= 0.6 is 0 Å². The van der Waals surface area contributed by atoms with Crippen molar-refractivity contribution < 1.29 is 9.84 Å². The van der Waals surface area contributed by atoms with E-state index in [0.717, 1.165) is 19.6 Å². The lowest BCUT2D eigenvalue weighted by molar-refractivity contribution is 0.0905. The summed E-state index contributed by atoms with van der Waals surface area (Å²) in [6, 6.07) is 0.549. The van der Waals surface area contributed by atoms with Crippen molar-refractivity contribution in [1.82, 2.24) is 5.32 Å². The minimum Gasteiger partial charge on any atom is -0.394 e. The van der Waals surface area contributed by atoms with E-state index in [1.54, 1.807) is 0 Å². The molecule has 0 amide bonds. The van der Waals surface area contributed by atoms with Crippen molar-refractivity contribution in [2.24, 2.45) is 0 Å². The minimum atomic E-state index is 0.123. The van der Waals surface area contributed by atoms with E-state index in [4.69, 9.17) is 9.84 Å². The first kappa shape index (κ1) is 10.9. The van der Waals surface area contributed by atoms with E-state index < -0.39 is 0 Å². The van der Waals surface area contributed by atoms with Gasteiger partial charge < -0.3 is 15.2 Å². The molecular weight excluding hydrogens is 142 g/mol. The number of hydrogen-bond donors (Lipinski definition) is 2. The molecule has 0 saturated heterocycles. The highest BCUT2D eigenvalue weighted by atomic mass is 16.5. The molecule has 0 fully saturated rings. The Hall–Kier alpha value is -0.120. The fourth-order valence-electron chi connectivity index (χ4n) is 0.732. The van der Waals surface area contributed by atoms with E-state index in [2.05, 4.69) is 19.2 Å². The fourth-order valence-corrected chi connectivity index (χ4v) is 0.732. The predicted molar refractivity (Wildman–Crippen MR) is 45.7 cm³/mol. The first-order valence-electron chi connectivity index (χ1n) is 4.19. The molecule has 0 aliphatic heterocycles. The standard InChI is InChI=1S/C8H19NO2/c1-8(2)9-4-3-6-11-7-5-10/h8-10H,3-7H2,1-2H3. The molecule has 0 aromatic carbocycles. The molecule has 0 aliphatic rings. The summed E-state index contributed by atoms with van der Waals surface area (Å²) in [5.74, 6) is 0. The van der Waals surface area contributed by atoms with Gasteiger partial charge in [0.05, 0.1) is 13.2 Å². The van der Waals surface area contributed by atoms with E-state index in [1.165, 1.54) is 0 Å². The second kappa shape index (κ2) is 7.98. The average Bonchev–Trinajstić information content (AvgIpc) is 1.96. The zero-order valence-corrected chi connectivity index (χ0v) is 7.47. The van der Waals surface area contributed by atoms with Gasteiger partial charge in [0.2, 0.25) is 0 Å². The number of ether oxygens (including phenoxy) is 1. The highest BCUT2D eigenvalue weighted by Crippen LogP contribution is 1.82. The van der Waals surface area contributed by atoms with Gasteiger partial charge in [-0.15, -0.1) is 0 Å². The average molecular weight is 161 g/mol. The molecule has 0 heterocycles. The minimum absolute atomic E-state index is 0.123. The Labute approximate surface area is 68.8 Å². The maximum atomic E-state index is 8.37. The Morgan fingerprint density at radius 3 is 2.64 bits per heavy atom. The van der Waals surface area contributed by atoms with Crippen LogP contribution in [0.5, 0.6) is 0 Å². The van der Waals surface area contributed by atoms with Crippen LogP contribution in [0, 0.1) is 0 Å². The molecule has 0 aromatic rings. The molecular formula is C8H19NO2. The van der Waals surface area contributed by atoms with Crippen molar-refractivity contribution in [2.75, 3.05) is 26.4 Å². The fraction of sp³-hybridized carbons (Fsp3) is 1.00. The van der Waals surface area contributed by atoms with Crippen LogP contribution in [0.2, 0.25) is 0 Å². The first-order chi connectivity index (χ1) is 5.27. The summed E-state index contributed by atoms with van der Waals surface area (Å²) in [6.07, 6.45) is 1.01. The van der Waals surface area contributed by atoms with E-state index in [9.17, 15) is 0 Å². The lowest BCUT2D eigenvalue weighted by Gasteiger charge is -2.07.